The summed E-state index contributed by atoms with van der Waals surface area (Å²) in [5.41, 5.74) is 7.71. The topological polar surface area (TPSA) is 100 Å². The van der Waals surface area contributed by atoms with Gasteiger partial charge in [-0.2, -0.15) is 0 Å². The van der Waals surface area contributed by atoms with Crippen LogP contribution in [0.5, 0.6) is 5.75 Å². The zero-order valence-electron chi connectivity index (χ0n) is 17.9. The van der Waals surface area contributed by atoms with Crippen LogP contribution in [0.2, 0.25) is 0 Å². The minimum Gasteiger partial charge on any atom is -0.493 e. The third-order valence-corrected chi connectivity index (χ3v) is 7.20. The molecule has 3 atom stereocenters. The predicted molar refractivity (Wildman–Crippen MR) is 117 cm³/mol. The first-order valence-electron chi connectivity index (χ1n) is 11.5. The maximum atomic E-state index is 12.3. The van der Waals surface area contributed by atoms with Gasteiger partial charge in [-0.05, 0) is 49.8 Å². The number of guanidine groups is 1. The molecule has 2 amide bonds. The number of benzene rings is 1. The van der Waals surface area contributed by atoms with E-state index in [-0.39, 0.29) is 17.9 Å². The van der Waals surface area contributed by atoms with Crippen molar-refractivity contribution in [3.05, 3.63) is 23.8 Å². The van der Waals surface area contributed by atoms with Gasteiger partial charge in [0, 0.05) is 25.1 Å². The van der Waals surface area contributed by atoms with E-state index in [4.69, 9.17) is 10.5 Å². The molecule has 1 aromatic rings. The number of nitrogens with two attached hydrogens (primary N) is 1. The average Bonchev–Trinajstić information content (AvgIpc) is 3.13. The quantitative estimate of drug-likeness (QED) is 0.725. The van der Waals surface area contributed by atoms with Crippen molar-refractivity contribution in [2.24, 2.45) is 16.6 Å². The summed E-state index contributed by atoms with van der Waals surface area (Å²) in [7, 11) is 0. The number of piperidine rings is 1. The van der Waals surface area contributed by atoms with E-state index >= 15 is 0 Å². The summed E-state index contributed by atoms with van der Waals surface area (Å²) in [6.45, 7) is 2.39. The molecule has 0 bridgehead atoms. The Morgan fingerprint density at radius 1 is 1.23 bits per heavy atom. The Balaban J connectivity index is 1.22. The fourth-order valence-electron chi connectivity index (χ4n) is 5.72. The molecule has 31 heavy (non-hydrogen) atoms. The Hall–Kier alpha value is -2.61. The number of carbonyl (C=O) groups excluding carboxylic acids is 2. The number of ether oxygens (including phenoxy) is 1. The second kappa shape index (κ2) is 8.49. The van der Waals surface area contributed by atoms with Crippen molar-refractivity contribution in [2.75, 3.05) is 19.7 Å². The molecule has 3 heterocycles. The minimum absolute atomic E-state index is 0.0292. The molecular weight excluding hydrogens is 394 g/mol. The highest BCUT2D eigenvalue weighted by Crippen LogP contribution is 2.37. The molecule has 1 saturated carbocycles. The Bertz CT molecular complexity index is 899. The second-order valence-electron chi connectivity index (χ2n) is 9.18. The summed E-state index contributed by atoms with van der Waals surface area (Å²) in [6, 6.07) is 6.05. The van der Waals surface area contributed by atoms with E-state index in [0.29, 0.717) is 44.0 Å². The van der Waals surface area contributed by atoms with Gasteiger partial charge in [-0.1, -0.05) is 18.9 Å². The number of likely N-dealkylation sites (tertiary alicyclic amines) is 1. The molecule has 2 saturated heterocycles. The number of hydrogen-bond donors (Lipinski definition) is 2. The number of amides is 2. The lowest BCUT2D eigenvalue weighted by molar-refractivity contribution is -0.126. The van der Waals surface area contributed by atoms with Crippen LogP contribution in [-0.4, -0.2) is 59.4 Å². The molecule has 3 unspecified atom stereocenters. The smallest absolute Gasteiger partial charge is 0.246 e. The number of nitrogens with zero attached hydrogens (tertiary/aromatic N) is 3. The van der Waals surface area contributed by atoms with Crippen LogP contribution in [0, 0.1) is 5.92 Å². The van der Waals surface area contributed by atoms with Crippen molar-refractivity contribution >= 4 is 23.5 Å². The molecule has 8 nitrogen and oxygen atoms in total. The SMILES string of the molecule is NC(=O)C(CCOc1ccc2c(c1)N=C1NC(=O)CN1C2)N1CCCC2CCCCC21. The van der Waals surface area contributed by atoms with Crippen LogP contribution < -0.4 is 15.8 Å². The van der Waals surface area contributed by atoms with Gasteiger partial charge < -0.3 is 15.4 Å². The molecule has 3 fully saturated rings. The molecule has 5 rings (SSSR count). The molecule has 0 aromatic heterocycles. The Morgan fingerprint density at radius 3 is 2.94 bits per heavy atom. The van der Waals surface area contributed by atoms with Crippen molar-refractivity contribution in [2.45, 2.75) is 63.6 Å². The van der Waals surface area contributed by atoms with Gasteiger partial charge in [-0.25, -0.2) is 4.99 Å². The summed E-state index contributed by atoms with van der Waals surface area (Å²) in [4.78, 5) is 32.8. The number of fused-ring (bicyclic) bond motifs is 3. The molecule has 1 aromatic carbocycles. The van der Waals surface area contributed by atoms with Gasteiger partial charge in [0.25, 0.3) is 0 Å². The van der Waals surface area contributed by atoms with Crippen LogP contribution >= 0.6 is 0 Å². The largest absolute Gasteiger partial charge is 0.493 e. The predicted octanol–water partition coefficient (Wildman–Crippen LogP) is 1.90. The molecule has 1 aliphatic carbocycles. The minimum atomic E-state index is -0.272. The highest BCUT2D eigenvalue weighted by molar-refractivity contribution is 6.05. The van der Waals surface area contributed by atoms with Crippen molar-refractivity contribution in [3.63, 3.8) is 0 Å². The van der Waals surface area contributed by atoms with Gasteiger partial charge in [0.2, 0.25) is 17.8 Å². The van der Waals surface area contributed by atoms with Gasteiger partial charge in [-0.3, -0.25) is 19.8 Å². The molecule has 0 radical (unpaired) electrons. The fourth-order valence-corrected chi connectivity index (χ4v) is 5.72. The lowest BCUT2D eigenvalue weighted by Gasteiger charge is -2.46. The van der Waals surface area contributed by atoms with Crippen molar-refractivity contribution in [1.82, 2.24) is 15.1 Å². The monoisotopic (exact) mass is 425 g/mol. The van der Waals surface area contributed by atoms with Crippen LogP contribution in [0.3, 0.4) is 0 Å². The van der Waals surface area contributed by atoms with E-state index in [0.717, 1.165) is 30.0 Å². The maximum absolute atomic E-state index is 12.3. The Kier molecular flexibility index (Phi) is 5.56. The molecule has 166 valence electrons. The summed E-state index contributed by atoms with van der Waals surface area (Å²) < 4.78 is 6.01. The lowest BCUT2D eigenvalue weighted by atomic mass is 9.77. The van der Waals surface area contributed by atoms with E-state index < -0.39 is 0 Å². The van der Waals surface area contributed by atoms with Gasteiger partial charge in [-0.15, -0.1) is 0 Å². The van der Waals surface area contributed by atoms with Crippen LogP contribution in [0.4, 0.5) is 5.69 Å². The highest BCUT2D eigenvalue weighted by Gasteiger charge is 2.38. The van der Waals surface area contributed by atoms with Crippen molar-refractivity contribution in [1.29, 1.82) is 0 Å². The van der Waals surface area contributed by atoms with E-state index in [1.165, 1.54) is 32.1 Å². The molecule has 4 aliphatic rings. The zero-order valence-corrected chi connectivity index (χ0v) is 17.9. The van der Waals surface area contributed by atoms with Crippen LogP contribution in [0.15, 0.2) is 23.2 Å². The standard InChI is InChI=1S/C23H31N5O3/c24-22(30)20(28-10-3-5-15-4-1-2-6-19(15)28)9-11-31-17-8-7-16-13-27-14-21(29)26-23(27)25-18(16)12-17/h7-8,12,15,19-20H,1-6,9-11,13-14H2,(H2,24,30)(H,25,26,29). The number of hydrogen-bond acceptors (Lipinski definition) is 6. The first kappa shape index (κ1) is 20.3. The van der Waals surface area contributed by atoms with E-state index in [2.05, 4.69) is 15.2 Å². The summed E-state index contributed by atoms with van der Waals surface area (Å²) in [6.07, 6.45) is 8.02. The number of nitrogens with one attached hydrogen (secondary N) is 1. The van der Waals surface area contributed by atoms with E-state index in [1.807, 2.05) is 23.1 Å². The summed E-state index contributed by atoms with van der Waals surface area (Å²) in [5.74, 6) is 1.76. The molecule has 3 aliphatic heterocycles. The summed E-state index contributed by atoms with van der Waals surface area (Å²) >= 11 is 0. The fraction of sp³-hybridized carbons (Fsp3) is 0.609. The normalized spacial score (nSPS) is 26.3. The molecule has 3 N–H and O–H groups in total. The number of rotatable bonds is 6. The number of aliphatic imine (C=N–C) groups is 1. The highest BCUT2D eigenvalue weighted by atomic mass is 16.5. The summed E-state index contributed by atoms with van der Waals surface area (Å²) in [5, 5.41) is 2.79. The van der Waals surface area contributed by atoms with Gasteiger partial charge in [0.05, 0.1) is 18.3 Å². The average molecular weight is 426 g/mol. The van der Waals surface area contributed by atoms with E-state index in [1.54, 1.807) is 0 Å². The Morgan fingerprint density at radius 2 is 2.06 bits per heavy atom. The van der Waals surface area contributed by atoms with Crippen molar-refractivity contribution in [3.8, 4) is 5.75 Å². The third kappa shape index (κ3) is 4.13. The first-order chi connectivity index (χ1) is 15.1. The molecule has 0 spiro atoms. The van der Waals surface area contributed by atoms with Crippen LogP contribution in [-0.2, 0) is 16.1 Å². The molecule has 8 heteroatoms. The lowest BCUT2D eigenvalue weighted by Crippen LogP contribution is -2.56. The van der Waals surface area contributed by atoms with Gasteiger partial charge >= 0.3 is 0 Å². The van der Waals surface area contributed by atoms with Gasteiger partial charge in [0.15, 0.2) is 0 Å². The first-order valence-corrected chi connectivity index (χ1v) is 11.5. The van der Waals surface area contributed by atoms with Crippen LogP contribution in [0.1, 0.15) is 50.5 Å². The number of carbonyl (C=O) groups is 2. The number of primary amides is 1. The third-order valence-electron chi connectivity index (χ3n) is 7.20. The van der Waals surface area contributed by atoms with Crippen LogP contribution in [0.25, 0.3) is 0 Å². The Labute approximate surface area is 182 Å². The van der Waals surface area contributed by atoms with Gasteiger partial charge in [0.1, 0.15) is 12.3 Å². The zero-order chi connectivity index (χ0) is 21.4. The van der Waals surface area contributed by atoms with E-state index in [9.17, 15) is 9.59 Å². The van der Waals surface area contributed by atoms with Crippen molar-refractivity contribution < 1.29 is 14.3 Å². The second-order valence-corrected chi connectivity index (χ2v) is 9.18. The maximum Gasteiger partial charge on any atom is 0.246 e. The molecular formula is C23H31N5O3.